The van der Waals surface area contributed by atoms with Crippen molar-refractivity contribution in [3.8, 4) is 17.6 Å². The standard InChI is InChI=1S/C39H43N3O3/c1-5-42(6-2)35-20-19-33(25-34(27-40)39(43)41-28-30-17-21-36(22-18-30)45-29(3)4)38(26-35)44-24-23-37(31-13-9-7-10-14-31)32-15-11-8-12-16-32/h7-22,25-26,29,37H,5-6,23-24,28H2,1-4H3,(H,41,43)/b34-25+. The number of nitrogens with zero attached hydrogens (tertiary/aromatic N) is 2. The van der Waals surface area contributed by atoms with Gasteiger partial charge in [-0.25, -0.2) is 0 Å². The molecule has 0 heterocycles. The number of anilines is 1. The minimum atomic E-state index is -0.438. The number of rotatable bonds is 15. The molecule has 0 aliphatic carbocycles. The van der Waals surface area contributed by atoms with Crippen LogP contribution in [0.25, 0.3) is 6.08 Å². The Labute approximate surface area is 267 Å². The van der Waals surface area contributed by atoms with E-state index in [1.54, 1.807) is 6.08 Å². The van der Waals surface area contributed by atoms with E-state index in [0.29, 0.717) is 24.5 Å². The van der Waals surface area contributed by atoms with E-state index in [1.165, 1.54) is 11.1 Å². The second kappa shape index (κ2) is 16.7. The van der Waals surface area contributed by atoms with Crippen molar-refractivity contribution in [2.45, 2.75) is 52.7 Å². The number of nitriles is 1. The normalized spacial score (nSPS) is 11.3. The average Bonchev–Trinajstić information content (AvgIpc) is 3.07. The lowest BCUT2D eigenvalue weighted by molar-refractivity contribution is -0.117. The average molecular weight is 602 g/mol. The van der Waals surface area contributed by atoms with Crippen molar-refractivity contribution < 1.29 is 14.3 Å². The van der Waals surface area contributed by atoms with Gasteiger partial charge in [-0.15, -0.1) is 0 Å². The predicted molar refractivity (Wildman–Crippen MR) is 182 cm³/mol. The summed E-state index contributed by atoms with van der Waals surface area (Å²) in [5.41, 5.74) is 5.11. The van der Waals surface area contributed by atoms with Gasteiger partial charge in [0, 0.05) is 42.9 Å². The number of carbonyl (C=O) groups is 1. The van der Waals surface area contributed by atoms with Gasteiger partial charge in [-0.05, 0) is 81.1 Å². The largest absolute Gasteiger partial charge is 0.493 e. The van der Waals surface area contributed by atoms with E-state index in [0.717, 1.165) is 36.5 Å². The van der Waals surface area contributed by atoms with Gasteiger partial charge in [0.1, 0.15) is 23.1 Å². The molecule has 1 amide bonds. The summed E-state index contributed by atoms with van der Waals surface area (Å²) >= 11 is 0. The van der Waals surface area contributed by atoms with Gasteiger partial charge >= 0.3 is 0 Å². The van der Waals surface area contributed by atoms with Crippen molar-refractivity contribution >= 4 is 17.7 Å². The topological polar surface area (TPSA) is 74.6 Å². The van der Waals surface area contributed by atoms with Crippen molar-refractivity contribution in [1.29, 1.82) is 5.26 Å². The lowest BCUT2D eigenvalue weighted by atomic mass is 9.89. The van der Waals surface area contributed by atoms with Crippen LogP contribution in [0.1, 0.15) is 62.3 Å². The van der Waals surface area contributed by atoms with Crippen LogP contribution in [-0.2, 0) is 11.3 Å². The number of ether oxygens (including phenoxy) is 2. The molecule has 0 aromatic heterocycles. The highest BCUT2D eigenvalue weighted by molar-refractivity contribution is 6.02. The molecule has 0 spiro atoms. The van der Waals surface area contributed by atoms with Crippen molar-refractivity contribution in [3.63, 3.8) is 0 Å². The van der Waals surface area contributed by atoms with Gasteiger partial charge in [0.2, 0.25) is 0 Å². The van der Waals surface area contributed by atoms with Crippen LogP contribution in [0.3, 0.4) is 0 Å². The van der Waals surface area contributed by atoms with Crippen LogP contribution in [0.15, 0.2) is 109 Å². The number of benzene rings is 4. The smallest absolute Gasteiger partial charge is 0.262 e. The van der Waals surface area contributed by atoms with E-state index in [2.05, 4.69) is 78.7 Å². The number of hydrogen-bond donors (Lipinski definition) is 1. The molecule has 6 heteroatoms. The molecule has 0 saturated carbocycles. The van der Waals surface area contributed by atoms with Crippen molar-refractivity contribution in [2.24, 2.45) is 0 Å². The zero-order valence-corrected chi connectivity index (χ0v) is 26.7. The fraction of sp³-hybridized carbons (Fsp3) is 0.282. The van der Waals surface area contributed by atoms with Crippen LogP contribution in [0.2, 0.25) is 0 Å². The summed E-state index contributed by atoms with van der Waals surface area (Å²) in [4.78, 5) is 15.3. The number of amides is 1. The molecule has 0 radical (unpaired) electrons. The van der Waals surface area contributed by atoms with E-state index < -0.39 is 5.91 Å². The summed E-state index contributed by atoms with van der Waals surface area (Å²) < 4.78 is 12.2. The van der Waals surface area contributed by atoms with Gasteiger partial charge < -0.3 is 19.7 Å². The highest BCUT2D eigenvalue weighted by atomic mass is 16.5. The third kappa shape index (κ3) is 9.48. The summed E-state index contributed by atoms with van der Waals surface area (Å²) in [5.74, 6) is 1.15. The molecule has 0 saturated heterocycles. The van der Waals surface area contributed by atoms with Crippen molar-refractivity contribution in [2.75, 3.05) is 24.6 Å². The van der Waals surface area contributed by atoms with Crippen LogP contribution in [0.4, 0.5) is 5.69 Å². The van der Waals surface area contributed by atoms with Gasteiger partial charge in [-0.1, -0.05) is 72.8 Å². The highest BCUT2D eigenvalue weighted by Gasteiger charge is 2.16. The summed E-state index contributed by atoms with van der Waals surface area (Å²) in [6, 6.07) is 36.5. The summed E-state index contributed by atoms with van der Waals surface area (Å²) in [7, 11) is 0. The summed E-state index contributed by atoms with van der Waals surface area (Å²) in [6.45, 7) is 10.6. The van der Waals surface area contributed by atoms with Crippen LogP contribution >= 0.6 is 0 Å². The minimum Gasteiger partial charge on any atom is -0.493 e. The van der Waals surface area contributed by atoms with Gasteiger partial charge in [-0.2, -0.15) is 5.26 Å². The van der Waals surface area contributed by atoms with E-state index >= 15 is 0 Å². The Balaban J connectivity index is 1.53. The Hall–Kier alpha value is -5.02. The first-order chi connectivity index (χ1) is 21.9. The van der Waals surface area contributed by atoms with Gasteiger partial charge in [0.15, 0.2) is 0 Å². The molecule has 0 unspecified atom stereocenters. The molecule has 4 rings (SSSR count). The minimum absolute atomic E-state index is 0.0154. The molecule has 0 atom stereocenters. The van der Waals surface area contributed by atoms with E-state index in [9.17, 15) is 10.1 Å². The molecule has 45 heavy (non-hydrogen) atoms. The molecule has 0 fully saturated rings. The second-order valence-electron chi connectivity index (χ2n) is 11.1. The first-order valence-electron chi connectivity index (χ1n) is 15.7. The second-order valence-corrected chi connectivity index (χ2v) is 11.1. The molecular formula is C39H43N3O3. The zero-order chi connectivity index (χ0) is 32.0. The Morgan fingerprint density at radius 2 is 1.51 bits per heavy atom. The Morgan fingerprint density at radius 3 is 2.07 bits per heavy atom. The molecule has 4 aromatic rings. The third-order valence-corrected chi connectivity index (χ3v) is 7.61. The fourth-order valence-electron chi connectivity index (χ4n) is 5.28. The van der Waals surface area contributed by atoms with Gasteiger partial charge in [0.25, 0.3) is 5.91 Å². The first kappa shape index (κ1) is 32.9. The molecule has 1 N–H and O–H groups in total. The maximum atomic E-state index is 13.1. The van der Waals surface area contributed by atoms with Crippen LogP contribution in [0.5, 0.6) is 11.5 Å². The van der Waals surface area contributed by atoms with E-state index in [4.69, 9.17) is 9.47 Å². The number of carbonyl (C=O) groups excluding carboxylic acids is 1. The lowest BCUT2D eigenvalue weighted by Crippen LogP contribution is -2.24. The summed E-state index contributed by atoms with van der Waals surface area (Å²) in [5, 5.41) is 12.8. The summed E-state index contributed by atoms with van der Waals surface area (Å²) in [6.07, 6.45) is 2.46. The van der Waals surface area contributed by atoms with E-state index in [1.807, 2.05) is 68.4 Å². The van der Waals surface area contributed by atoms with Gasteiger partial charge in [-0.3, -0.25) is 4.79 Å². The Kier molecular flexibility index (Phi) is 12.2. The SMILES string of the molecule is CCN(CC)c1ccc(/C=C(\C#N)C(=O)NCc2ccc(OC(C)C)cc2)c(OCCC(c2ccccc2)c2ccccc2)c1. The molecular weight excluding hydrogens is 558 g/mol. The third-order valence-electron chi connectivity index (χ3n) is 7.61. The Bertz CT molecular complexity index is 1530. The van der Waals surface area contributed by atoms with E-state index in [-0.39, 0.29) is 17.6 Å². The van der Waals surface area contributed by atoms with Gasteiger partial charge in [0.05, 0.1) is 12.7 Å². The molecule has 0 aliphatic heterocycles. The molecule has 6 nitrogen and oxygen atoms in total. The first-order valence-corrected chi connectivity index (χ1v) is 15.7. The fourth-order valence-corrected chi connectivity index (χ4v) is 5.28. The molecule has 0 aliphatic rings. The Morgan fingerprint density at radius 1 is 0.889 bits per heavy atom. The monoisotopic (exact) mass is 601 g/mol. The predicted octanol–water partition coefficient (Wildman–Crippen LogP) is 8.14. The number of hydrogen-bond acceptors (Lipinski definition) is 5. The van der Waals surface area contributed by atoms with Crippen molar-refractivity contribution in [1.82, 2.24) is 5.32 Å². The lowest BCUT2D eigenvalue weighted by Gasteiger charge is -2.23. The number of nitrogens with one attached hydrogen (secondary N) is 1. The van der Waals surface area contributed by atoms with Crippen LogP contribution in [0, 0.1) is 11.3 Å². The zero-order valence-electron chi connectivity index (χ0n) is 26.7. The molecule has 0 bridgehead atoms. The quantitative estimate of drug-likeness (QED) is 0.110. The maximum Gasteiger partial charge on any atom is 0.262 e. The van der Waals surface area contributed by atoms with Crippen LogP contribution < -0.4 is 19.7 Å². The highest BCUT2D eigenvalue weighted by Crippen LogP contribution is 2.31. The molecule has 232 valence electrons. The molecule has 4 aromatic carbocycles. The van der Waals surface area contributed by atoms with Crippen molar-refractivity contribution in [3.05, 3.63) is 131 Å². The maximum absolute atomic E-state index is 13.1. The van der Waals surface area contributed by atoms with Crippen LogP contribution in [-0.4, -0.2) is 31.7 Å².